The number of hydrogen-bond acceptors (Lipinski definition) is 10. The van der Waals surface area contributed by atoms with Crippen molar-refractivity contribution < 1.29 is 14.4 Å². The van der Waals surface area contributed by atoms with E-state index in [4.69, 9.17) is 5.73 Å². The van der Waals surface area contributed by atoms with Crippen molar-refractivity contribution in [3.05, 3.63) is 35.9 Å². The number of carbonyl (C=O) groups excluding carboxylic acids is 3. The van der Waals surface area contributed by atoms with Gasteiger partial charge in [-0.05, 0) is 38.8 Å². The number of hydrogen-bond donors (Lipinski definition) is 5. The summed E-state index contributed by atoms with van der Waals surface area (Å²) < 4.78 is 0. The molecule has 39 heavy (non-hydrogen) atoms. The molecule has 13 heteroatoms. The van der Waals surface area contributed by atoms with Gasteiger partial charge in [-0.15, -0.1) is 0 Å². The normalized spacial score (nSPS) is 23.6. The van der Waals surface area contributed by atoms with Gasteiger partial charge >= 0.3 is 0 Å². The van der Waals surface area contributed by atoms with Crippen LogP contribution in [0.25, 0.3) is 0 Å². The third kappa shape index (κ3) is 7.99. The van der Waals surface area contributed by atoms with E-state index in [0.717, 1.165) is 31.7 Å². The number of likely N-dealkylation sites (N-methyl/N-ethyl adjacent to an activating group) is 1. The predicted octanol–water partition coefficient (Wildman–Crippen LogP) is -0.283. The molecule has 1 aromatic carbocycles. The number of anilines is 3. The molecule has 2 aliphatic rings. The number of amides is 3. The first-order valence-corrected chi connectivity index (χ1v) is 13.4. The quantitative estimate of drug-likeness (QED) is 0.349. The van der Waals surface area contributed by atoms with Gasteiger partial charge in [0.05, 0.1) is 0 Å². The van der Waals surface area contributed by atoms with E-state index in [1.165, 1.54) is 0 Å². The summed E-state index contributed by atoms with van der Waals surface area (Å²) in [6.07, 6.45) is 1.97. The first-order valence-electron chi connectivity index (χ1n) is 13.4. The Bertz CT molecular complexity index is 1140. The van der Waals surface area contributed by atoms with E-state index >= 15 is 0 Å². The fraction of sp³-hybridized carbons (Fsp3) is 0.538. The maximum atomic E-state index is 13.3. The highest BCUT2D eigenvalue weighted by atomic mass is 16.2. The van der Waals surface area contributed by atoms with Crippen molar-refractivity contribution in [2.75, 3.05) is 55.3 Å². The summed E-state index contributed by atoms with van der Waals surface area (Å²) in [6.45, 7) is 5.57. The molecule has 0 unspecified atom stereocenters. The van der Waals surface area contributed by atoms with Crippen LogP contribution in [-0.4, -0.2) is 95.5 Å². The summed E-state index contributed by atoms with van der Waals surface area (Å²) in [5, 5.41) is 11.9. The van der Waals surface area contributed by atoms with Crippen molar-refractivity contribution in [2.24, 2.45) is 5.73 Å². The Hall–Kier alpha value is -4.00. The summed E-state index contributed by atoms with van der Waals surface area (Å²) in [6, 6.07) is 6.86. The van der Waals surface area contributed by atoms with Crippen molar-refractivity contribution in [3.63, 3.8) is 0 Å². The van der Waals surface area contributed by atoms with E-state index < -0.39 is 35.8 Å². The van der Waals surface area contributed by atoms with Gasteiger partial charge in [-0.2, -0.15) is 15.0 Å². The molecule has 4 rings (SSSR count). The van der Waals surface area contributed by atoms with Crippen molar-refractivity contribution in [1.82, 2.24) is 30.5 Å². The Balaban J connectivity index is 1.59. The van der Waals surface area contributed by atoms with Crippen LogP contribution in [0.3, 0.4) is 0 Å². The second kappa shape index (κ2) is 13.2. The molecule has 1 saturated heterocycles. The van der Waals surface area contributed by atoms with E-state index in [-0.39, 0.29) is 12.4 Å². The van der Waals surface area contributed by atoms with Gasteiger partial charge < -0.3 is 36.8 Å². The number of nitrogens with two attached hydrogens (primary N) is 1. The van der Waals surface area contributed by atoms with Gasteiger partial charge in [-0.1, -0.05) is 30.3 Å². The Labute approximate surface area is 228 Å². The highest BCUT2D eigenvalue weighted by molar-refractivity contribution is 5.93. The lowest BCUT2D eigenvalue weighted by Gasteiger charge is -2.32. The topological polar surface area (TPSA) is 170 Å². The van der Waals surface area contributed by atoms with Crippen LogP contribution in [0, 0.1) is 0 Å². The molecule has 2 aromatic rings. The number of aromatic nitrogens is 3. The molecule has 0 aliphatic carbocycles. The molecule has 210 valence electrons. The minimum Gasteiger partial charge on any atom is -0.368 e. The average molecular weight is 539 g/mol. The molecule has 1 fully saturated rings. The monoisotopic (exact) mass is 538 g/mol. The van der Waals surface area contributed by atoms with Crippen molar-refractivity contribution in [1.29, 1.82) is 0 Å². The lowest BCUT2D eigenvalue weighted by Crippen LogP contribution is -2.55. The molecule has 13 nitrogen and oxygen atoms in total. The number of carbonyl (C=O) groups is 3. The molecule has 0 saturated carbocycles. The fourth-order valence-corrected chi connectivity index (χ4v) is 4.50. The summed E-state index contributed by atoms with van der Waals surface area (Å²) in [4.78, 5) is 56.6. The van der Waals surface area contributed by atoms with E-state index in [1.807, 2.05) is 30.3 Å². The van der Waals surface area contributed by atoms with Gasteiger partial charge in [-0.3, -0.25) is 14.4 Å². The minimum atomic E-state index is -0.907. The summed E-state index contributed by atoms with van der Waals surface area (Å²) in [5.74, 6) is -0.280. The number of primary amides is 1. The maximum Gasteiger partial charge on any atom is 0.243 e. The largest absolute Gasteiger partial charge is 0.368 e. The number of nitrogens with zero attached hydrogens (tertiary/aromatic N) is 5. The van der Waals surface area contributed by atoms with E-state index in [9.17, 15) is 14.4 Å². The summed E-state index contributed by atoms with van der Waals surface area (Å²) in [7, 11) is 2.08. The van der Waals surface area contributed by atoms with Crippen LogP contribution in [0.2, 0.25) is 0 Å². The third-order valence-corrected chi connectivity index (χ3v) is 6.93. The first-order chi connectivity index (χ1) is 18.8. The molecule has 2 bridgehead atoms. The van der Waals surface area contributed by atoms with Crippen molar-refractivity contribution in [3.8, 4) is 0 Å². The molecule has 2 aliphatic heterocycles. The van der Waals surface area contributed by atoms with Crippen LogP contribution in [0.4, 0.5) is 17.8 Å². The van der Waals surface area contributed by atoms with Gasteiger partial charge in [0, 0.05) is 39.1 Å². The number of piperazine rings is 1. The van der Waals surface area contributed by atoms with Crippen molar-refractivity contribution in [2.45, 2.75) is 50.7 Å². The Morgan fingerprint density at radius 3 is 2.38 bits per heavy atom. The first kappa shape index (κ1) is 28.0. The number of benzene rings is 1. The Morgan fingerprint density at radius 2 is 1.67 bits per heavy atom. The lowest BCUT2D eigenvalue weighted by atomic mass is 10.0. The highest BCUT2D eigenvalue weighted by Crippen LogP contribution is 2.17. The van der Waals surface area contributed by atoms with Gasteiger partial charge in [-0.25, -0.2) is 0 Å². The molecule has 0 spiro atoms. The van der Waals surface area contributed by atoms with Crippen LogP contribution >= 0.6 is 0 Å². The molecular weight excluding hydrogens is 500 g/mol. The molecule has 1 aromatic heterocycles. The lowest BCUT2D eigenvalue weighted by molar-refractivity contribution is -0.131. The minimum absolute atomic E-state index is 0.254. The zero-order valence-corrected chi connectivity index (χ0v) is 22.5. The Morgan fingerprint density at radius 1 is 0.949 bits per heavy atom. The third-order valence-electron chi connectivity index (χ3n) is 6.93. The molecule has 3 amide bonds. The zero-order chi connectivity index (χ0) is 27.8. The van der Waals surface area contributed by atoms with Crippen LogP contribution < -0.4 is 31.9 Å². The smallest absolute Gasteiger partial charge is 0.243 e. The number of fused-ring (bicyclic) bond motifs is 2. The van der Waals surface area contributed by atoms with Gasteiger partial charge in [0.1, 0.15) is 18.1 Å². The predicted molar refractivity (Wildman–Crippen MR) is 148 cm³/mol. The molecule has 6 N–H and O–H groups in total. The standard InChI is InChI=1S/C26H38N10O3/c1-17-22(38)31-20(16-18-8-4-3-5-9-18)23(39)30-19(21(27)37)10-6-7-11-28-24-32-25(29-17)34-26(33-24)36-14-12-35(2)13-15-36/h3-5,8-9,17,19-20H,6-7,10-16H2,1-2H3,(H2,27,37)(H,30,39)(H,31,38)(H2,28,29,32,33,34)/t17-,19+,20-/m0/s1. The van der Waals surface area contributed by atoms with Crippen molar-refractivity contribution >= 4 is 35.6 Å². The van der Waals surface area contributed by atoms with E-state index in [0.29, 0.717) is 37.7 Å². The summed E-state index contributed by atoms with van der Waals surface area (Å²) in [5.41, 5.74) is 6.46. The SMILES string of the molecule is C[C@@H]1Nc2nc(nc(N3CCN(C)CC3)n2)NCCCC[C@H](C(N)=O)NC(=O)[C@H](Cc2ccccc2)NC1=O. The Kier molecular flexibility index (Phi) is 9.47. The second-order valence-corrected chi connectivity index (χ2v) is 10.1. The van der Waals surface area contributed by atoms with Crippen LogP contribution in [0.5, 0.6) is 0 Å². The molecular formula is C26H38N10O3. The van der Waals surface area contributed by atoms with E-state index in [2.05, 4.69) is 53.1 Å². The maximum absolute atomic E-state index is 13.3. The average Bonchev–Trinajstić information content (AvgIpc) is 2.92. The fourth-order valence-electron chi connectivity index (χ4n) is 4.50. The molecule has 3 atom stereocenters. The van der Waals surface area contributed by atoms with Gasteiger partial charge in [0.2, 0.25) is 35.6 Å². The summed E-state index contributed by atoms with van der Waals surface area (Å²) >= 11 is 0. The van der Waals surface area contributed by atoms with Gasteiger partial charge in [0.15, 0.2) is 0 Å². The molecule has 3 heterocycles. The second-order valence-electron chi connectivity index (χ2n) is 10.1. The molecule has 0 radical (unpaired) electrons. The van der Waals surface area contributed by atoms with Crippen LogP contribution in [-0.2, 0) is 20.8 Å². The van der Waals surface area contributed by atoms with E-state index in [1.54, 1.807) is 6.92 Å². The number of rotatable bonds is 4. The van der Waals surface area contributed by atoms with Gasteiger partial charge in [0.25, 0.3) is 0 Å². The highest BCUT2D eigenvalue weighted by Gasteiger charge is 2.28. The zero-order valence-electron chi connectivity index (χ0n) is 22.5. The van der Waals surface area contributed by atoms with Crippen LogP contribution in [0.15, 0.2) is 30.3 Å². The number of nitrogens with one attached hydrogen (secondary N) is 4. The van der Waals surface area contributed by atoms with Crippen LogP contribution in [0.1, 0.15) is 31.7 Å².